The van der Waals surface area contributed by atoms with E-state index in [1.165, 1.54) is 4.88 Å². The Morgan fingerprint density at radius 2 is 2.31 bits per heavy atom. The number of thiophene rings is 1. The van der Waals surface area contributed by atoms with E-state index in [2.05, 4.69) is 0 Å². The zero-order valence-electron chi connectivity index (χ0n) is 8.33. The summed E-state index contributed by atoms with van der Waals surface area (Å²) in [6.07, 6.45) is 0.679. The van der Waals surface area contributed by atoms with Crippen molar-refractivity contribution in [2.45, 2.75) is 25.9 Å². The highest BCUT2D eigenvalue weighted by molar-refractivity contribution is 7.10. The van der Waals surface area contributed by atoms with E-state index in [1.54, 1.807) is 18.4 Å². The molecule has 1 N–H and O–H groups in total. The molecule has 1 aromatic rings. The summed E-state index contributed by atoms with van der Waals surface area (Å²) in [6, 6.07) is 1.97. The molecule has 0 fully saturated rings. The first-order valence-corrected chi connectivity index (χ1v) is 5.28. The summed E-state index contributed by atoms with van der Waals surface area (Å²) in [5.74, 6) is 0. The van der Waals surface area contributed by atoms with Gasteiger partial charge in [0.25, 0.3) is 0 Å². The van der Waals surface area contributed by atoms with Gasteiger partial charge in [-0.3, -0.25) is 0 Å². The van der Waals surface area contributed by atoms with Crippen molar-refractivity contribution in [1.29, 1.82) is 0 Å². The van der Waals surface area contributed by atoms with Crippen LogP contribution in [0.4, 0.5) is 0 Å². The van der Waals surface area contributed by atoms with Crippen LogP contribution in [-0.2, 0) is 10.3 Å². The Labute approximate surface area is 83.2 Å². The molecule has 0 aliphatic carbocycles. The van der Waals surface area contributed by atoms with Crippen LogP contribution in [0.3, 0.4) is 0 Å². The van der Waals surface area contributed by atoms with Crippen LogP contribution in [0.1, 0.15) is 23.8 Å². The summed E-state index contributed by atoms with van der Waals surface area (Å²) in [6.45, 7) is 4.35. The number of ether oxygens (including phenoxy) is 1. The average Bonchev–Trinajstić information content (AvgIpc) is 2.52. The summed E-state index contributed by atoms with van der Waals surface area (Å²) in [4.78, 5) is 1.17. The molecule has 0 saturated heterocycles. The molecule has 0 aliphatic heterocycles. The van der Waals surface area contributed by atoms with Crippen molar-refractivity contribution < 1.29 is 9.84 Å². The summed E-state index contributed by atoms with van der Waals surface area (Å²) < 4.78 is 5.03. The highest BCUT2D eigenvalue weighted by atomic mass is 32.1. The predicted octanol–water partition coefficient (Wildman–Crippen LogP) is 2.30. The van der Waals surface area contributed by atoms with Crippen LogP contribution >= 0.6 is 11.3 Å². The van der Waals surface area contributed by atoms with Gasteiger partial charge in [0.1, 0.15) is 5.60 Å². The standard InChI is InChI=1S/C10H16O2S/c1-4-10(11,7-12-3)9-5-6-13-8(9)2/h5-6,11H,4,7H2,1-3H3. The fourth-order valence-corrected chi connectivity index (χ4v) is 2.27. The van der Waals surface area contributed by atoms with Gasteiger partial charge in [-0.05, 0) is 30.4 Å². The Morgan fingerprint density at radius 1 is 1.62 bits per heavy atom. The molecule has 1 aromatic heterocycles. The topological polar surface area (TPSA) is 29.5 Å². The molecule has 1 heterocycles. The van der Waals surface area contributed by atoms with Gasteiger partial charge in [0.2, 0.25) is 0 Å². The molecule has 1 atom stereocenters. The third-order valence-electron chi connectivity index (χ3n) is 2.33. The molecular formula is C10H16O2S. The normalized spacial score (nSPS) is 15.7. The van der Waals surface area contributed by atoms with Crippen molar-refractivity contribution in [3.63, 3.8) is 0 Å². The molecule has 0 bridgehead atoms. The maximum Gasteiger partial charge on any atom is 0.114 e. The van der Waals surface area contributed by atoms with Crippen molar-refractivity contribution >= 4 is 11.3 Å². The maximum absolute atomic E-state index is 10.2. The van der Waals surface area contributed by atoms with E-state index < -0.39 is 5.60 Å². The number of hydrogen-bond acceptors (Lipinski definition) is 3. The van der Waals surface area contributed by atoms with E-state index in [0.717, 1.165) is 5.56 Å². The largest absolute Gasteiger partial charge is 0.383 e. The lowest BCUT2D eigenvalue weighted by Crippen LogP contribution is -2.30. The Bertz CT molecular complexity index is 270. The minimum Gasteiger partial charge on any atom is -0.383 e. The van der Waals surface area contributed by atoms with E-state index in [-0.39, 0.29) is 0 Å². The molecule has 1 rings (SSSR count). The third kappa shape index (κ3) is 2.10. The van der Waals surface area contributed by atoms with Gasteiger partial charge < -0.3 is 9.84 Å². The van der Waals surface area contributed by atoms with Crippen molar-refractivity contribution in [3.05, 3.63) is 21.9 Å². The van der Waals surface area contributed by atoms with Gasteiger partial charge in [0.15, 0.2) is 0 Å². The number of hydrogen-bond donors (Lipinski definition) is 1. The number of aliphatic hydroxyl groups is 1. The van der Waals surface area contributed by atoms with Gasteiger partial charge in [-0.1, -0.05) is 6.92 Å². The molecule has 3 heteroatoms. The van der Waals surface area contributed by atoms with Crippen LogP contribution in [0, 0.1) is 6.92 Å². The number of rotatable bonds is 4. The lowest BCUT2D eigenvalue weighted by atomic mass is 9.93. The van der Waals surface area contributed by atoms with E-state index in [9.17, 15) is 5.11 Å². The molecule has 0 spiro atoms. The predicted molar refractivity (Wildman–Crippen MR) is 55.1 cm³/mol. The third-order valence-corrected chi connectivity index (χ3v) is 3.17. The summed E-state index contributed by atoms with van der Waals surface area (Å²) in [7, 11) is 1.61. The van der Waals surface area contributed by atoms with Crippen molar-refractivity contribution in [2.24, 2.45) is 0 Å². The monoisotopic (exact) mass is 200 g/mol. The zero-order chi connectivity index (χ0) is 9.90. The van der Waals surface area contributed by atoms with Gasteiger partial charge in [-0.15, -0.1) is 11.3 Å². The number of methoxy groups -OCH3 is 1. The van der Waals surface area contributed by atoms with Crippen molar-refractivity contribution in [3.8, 4) is 0 Å². The fourth-order valence-electron chi connectivity index (χ4n) is 1.48. The quantitative estimate of drug-likeness (QED) is 0.808. The Kier molecular flexibility index (Phi) is 3.47. The van der Waals surface area contributed by atoms with Gasteiger partial charge in [-0.25, -0.2) is 0 Å². The van der Waals surface area contributed by atoms with Crippen LogP contribution in [0.2, 0.25) is 0 Å². The highest BCUT2D eigenvalue weighted by Gasteiger charge is 2.29. The van der Waals surface area contributed by atoms with Crippen molar-refractivity contribution in [2.75, 3.05) is 13.7 Å². The summed E-state index contributed by atoms with van der Waals surface area (Å²) in [5, 5.41) is 12.2. The van der Waals surface area contributed by atoms with Gasteiger partial charge in [0.05, 0.1) is 6.61 Å². The zero-order valence-corrected chi connectivity index (χ0v) is 9.15. The lowest BCUT2D eigenvalue weighted by Gasteiger charge is -2.26. The summed E-state index contributed by atoms with van der Waals surface area (Å²) >= 11 is 1.66. The molecule has 2 nitrogen and oxygen atoms in total. The second-order valence-electron chi connectivity index (χ2n) is 3.21. The van der Waals surface area contributed by atoms with Crippen molar-refractivity contribution in [1.82, 2.24) is 0 Å². The minimum absolute atomic E-state index is 0.362. The van der Waals surface area contributed by atoms with Crippen LogP contribution in [0.5, 0.6) is 0 Å². The van der Waals surface area contributed by atoms with Crippen LogP contribution in [-0.4, -0.2) is 18.8 Å². The lowest BCUT2D eigenvalue weighted by molar-refractivity contribution is -0.0387. The van der Waals surface area contributed by atoms with Crippen LogP contribution in [0.25, 0.3) is 0 Å². The highest BCUT2D eigenvalue weighted by Crippen LogP contribution is 2.30. The molecule has 0 saturated carbocycles. The SMILES string of the molecule is CCC(O)(COC)c1ccsc1C. The molecule has 1 unspecified atom stereocenters. The van der Waals surface area contributed by atoms with Crippen LogP contribution in [0.15, 0.2) is 11.4 Å². The Morgan fingerprint density at radius 3 is 2.69 bits per heavy atom. The van der Waals surface area contributed by atoms with Gasteiger partial charge in [-0.2, -0.15) is 0 Å². The van der Waals surface area contributed by atoms with E-state index in [0.29, 0.717) is 13.0 Å². The maximum atomic E-state index is 10.2. The van der Waals surface area contributed by atoms with E-state index >= 15 is 0 Å². The van der Waals surface area contributed by atoms with Gasteiger partial charge in [0, 0.05) is 12.0 Å². The summed E-state index contributed by atoms with van der Waals surface area (Å²) in [5.41, 5.74) is 0.195. The molecule has 13 heavy (non-hydrogen) atoms. The minimum atomic E-state index is -0.807. The van der Waals surface area contributed by atoms with E-state index in [4.69, 9.17) is 4.74 Å². The first-order valence-electron chi connectivity index (χ1n) is 4.40. The Balaban J connectivity index is 2.95. The molecule has 0 aliphatic rings. The first kappa shape index (κ1) is 10.7. The molecule has 0 radical (unpaired) electrons. The number of aryl methyl sites for hydroxylation is 1. The average molecular weight is 200 g/mol. The second kappa shape index (κ2) is 4.22. The molecule has 0 amide bonds. The Hall–Kier alpha value is -0.380. The molecular weight excluding hydrogens is 184 g/mol. The second-order valence-corrected chi connectivity index (χ2v) is 4.33. The molecule has 0 aromatic carbocycles. The van der Waals surface area contributed by atoms with Gasteiger partial charge >= 0.3 is 0 Å². The smallest absolute Gasteiger partial charge is 0.114 e. The van der Waals surface area contributed by atoms with E-state index in [1.807, 2.05) is 25.3 Å². The fraction of sp³-hybridized carbons (Fsp3) is 0.600. The van der Waals surface area contributed by atoms with Crippen LogP contribution < -0.4 is 0 Å². The molecule has 74 valence electrons. The first-order chi connectivity index (χ1) is 6.14.